The fourth-order valence-corrected chi connectivity index (χ4v) is 3.65. The topological polar surface area (TPSA) is 101 Å². The highest BCUT2D eigenvalue weighted by Crippen LogP contribution is 2.42. The van der Waals surface area contributed by atoms with Gasteiger partial charge >= 0.3 is 0 Å². The van der Waals surface area contributed by atoms with Gasteiger partial charge in [0.05, 0.1) is 16.5 Å². The summed E-state index contributed by atoms with van der Waals surface area (Å²) in [5, 5.41) is 22.0. The highest BCUT2D eigenvalue weighted by molar-refractivity contribution is 6.51. The van der Waals surface area contributed by atoms with Crippen molar-refractivity contribution in [3.63, 3.8) is 0 Å². The van der Waals surface area contributed by atoms with Gasteiger partial charge in [0.15, 0.2) is 0 Å². The summed E-state index contributed by atoms with van der Waals surface area (Å²) in [6.45, 7) is 1.90. The lowest BCUT2D eigenvalue weighted by Gasteiger charge is -2.25. The van der Waals surface area contributed by atoms with E-state index in [-0.39, 0.29) is 17.0 Å². The van der Waals surface area contributed by atoms with Gasteiger partial charge in [0.1, 0.15) is 5.76 Å². The van der Waals surface area contributed by atoms with Crippen molar-refractivity contribution in [3.05, 3.63) is 111 Å². The van der Waals surface area contributed by atoms with Gasteiger partial charge in [-0.1, -0.05) is 48.0 Å². The molecule has 1 N–H and O–H groups in total. The Labute approximate surface area is 178 Å². The minimum absolute atomic E-state index is 0.0642. The molecule has 0 bridgehead atoms. The quantitative estimate of drug-likeness (QED) is 0.222. The second kappa shape index (κ2) is 7.87. The maximum atomic E-state index is 13.0. The Bertz CT molecular complexity index is 1200. The summed E-state index contributed by atoms with van der Waals surface area (Å²) in [6, 6.07) is 20.3. The van der Waals surface area contributed by atoms with Crippen LogP contribution >= 0.6 is 0 Å². The van der Waals surface area contributed by atoms with E-state index in [1.165, 1.54) is 29.2 Å². The lowest BCUT2D eigenvalue weighted by atomic mass is 9.95. The number of aliphatic hydroxyl groups is 1. The SMILES string of the molecule is Cc1ccc(N2C(=O)C(=O)C(=C(O)c3ccccc3)C2c2ccc([N+](=O)[O-])cc2)cc1. The molecule has 1 unspecified atom stereocenters. The predicted octanol–water partition coefficient (Wildman–Crippen LogP) is 4.53. The minimum atomic E-state index is -0.927. The Hall–Kier alpha value is -4.26. The molecule has 154 valence electrons. The maximum Gasteiger partial charge on any atom is 0.300 e. The van der Waals surface area contributed by atoms with Gasteiger partial charge in [-0.05, 0) is 36.8 Å². The third-order valence-corrected chi connectivity index (χ3v) is 5.22. The number of aryl methyl sites for hydroxylation is 1. The number of aliphatic hydroxyl groups excluding tert-OH is 1. The minimum Gasteiger partial charge on any atom is -0.507 e. The molecule has 1 amide bonds. The molecule has 1 aliphatic heterocycles. The van der Waals surface area contributed by atoms with E-state index in [9.17, 15) is 24.8 Å². The molecule has 7 nitrogen and oxygen atoms in total. The number of amides is 1. The first-order valence-corrected chi connectivity index (χ1v) is 9.56. The third-order valence-electron chi connectivity index (χ3n) is 5.22. The molecule has 7 heteroatoms. The summed E-state index contributed by atoms with van der Waals surface area (Å²) in [7, 11) is 0. The highest BCUT2D eigenvalue weighted by atomic mass is 16.6. The normalized spacial score (nSPS) is 17.7. The van der Waals surface area contributed by atoms with E-state index in [0.29, 0.717) is 16.8 Å². The number of hydrogen-bond donors (Lipinski definition) is 1. The zero-order chi connectivity index (χ0) is 22.1. The van der Waals surface area contributed by atoms with Crippen molar-refractivity contribution in [2.24, 2.45) is 0 Å². The van der Waals surface area contributed by atoms with Crippen LogP contribution < -0.4 is 4.90 Å². The second-order valence-corrected chi connectivity index (χ2v) is 7.22. The number of carbonyl (C=O) groups excluding carboxylic acids is 2. The molecule has 31 heavy (non-hydrogen) atoms. The standard InChI is InChI=1S/C24H18N2O5/c1-15-7-11-18(12-8-15)25-21(16-9-13-19(14-10-16)26(30)31)20(23(28)24(25)29)22(27)17-5-3-2-4-6-17/h2-14,21,27H,1H3. The fourth-order valence-electron chi connectivity index (χ4n) is 3.65. The molecule has 0 radical (unpaired) electrons. The van der Waals surface area contributed by atoms with E-state index in [1.807, 2.05) is 19.1 Å². The maximum absolute atomic E-state index is 13.0. The Kier molecular flexibility index (Phi) is 5.09. The lowest BCUT2D eigenvalue weighted by Crippen LogP contribution is -2.29. The number of Topliss-reactive ketones (excluding diaryl/α,β-unsaturated/α-hetero) is 1. The van der Waals surface area contributed by atoms with Crippen molar-refractivity contribution in [3.8, 4) is 0 Å². The average Bonchev–Trinajstić information content (AvgIpc) is 3.05. The Balaban J connectivity index is 1.93. The van der Waals surface area contributed by atoms with Gasteiger partial charge in [0, 0.05) is 23.4 Å². The Morgan fingerprint density at radius 3 is 2.13 bits per heavy atom. The highest BCUT2D eigenvalue weighted by Gasteiger charge is 2.47. The van der Waals surface area contributed by atoms with Crippen LogP contribution in [0.25, 0.3) is 5.76 Å². The molecule has 0 spiro atoms. The number of nitro benzene ring substituents is 1. The van der Waals surface area contributed by atoms with E-state index in [1.54, 1.807) is 42.5 Å². The van der Waals surface area contributed by atoms with Crippen LogP contribution in [0.1, 0.15) is 22.7 Å². The molecule has 0 aromatic heterocycles. The molecular weight excluding hydrogens is 396 g/mol. The van der Waals surface area contributed by atoms with Crippen LogP contribution in [-0.2, 0) is 9.59 Å². The number of nitrogens with zero attached hydrogens (tertiary/aromatic N) is 2. The fraction of sp³-hybridized carbons (Fsp3) is 0.0833. The molecule has 0 saturated carbocycles. The molecule has 1 aliphatic rings. The average molecular weight is 414 g/mol. The van der Waals surface area contributed by atoms with Gasteiger partial charge in [-0.15, -0.1) is 0 Å². The van der Waals surface area contributed by atoms with Crippen LogP contribution in [0, 0.1) is 17.0 Å². The lowest BCUT2D eigenvalue weighted by molar-refractivity contribution is -0.384. The number of benzene rings is 3. The number of ketones is 1. The number of hydrogen-bond acceptors (Lipinski definition) is 5. The van der Waals surface area contributed by atoms with Crippen molar-refractivity contribution < 1.29 is 19.6 Å². The molecule has 3 aromatic rings. The van der Waals surface area contributed by atoms with Crippen LogP contribution in [0.3, 0.4) is 0 Å². The third kappa shape index (κ3) is 3.57. The summed E-state index contributed by atoms with van der Waals surface area (Å²) in [6.07, 6.45) is 0. The number of nitro groups is 1. The zero-order valence-corrected chi connectivity index (χ0v) is 16.6. The van der Waals surface area contributed by atoms with Gasteiger partial charge in [0.2, 0.25) is 0 Å². The molecule has 1 atom stereocenters. The monoisotopic (exact) mass is 414 g/mol. The summed E-state index contributed by atoms with van der Waals surface area (Å²) in [4.78, 5) is 37.9. The van der Waals surface area contributed by atoms with Crippen molar-refractivity contribution >= 4 is 28.8 Å². The van der Waals surface area contributed by atoms with E-state index >= 15 is 0 Å². The summed E-state index contributed by atoms with van der Waals surface area (Å²) >= 11 is 0. The number of non-ortho nitro benzene ring substituents is 1. The largest absolute Gasteiger partial charge is 0.507 e. The first kappa shape index (κ1) is 20.0. The van der Waals surface area contributed by atoms with Gasteiger partial charge in [-0.25, -0.2) is 0 Å². The van der Waals surface area contributed by atoms with Crippen LogP contribution in [0.2, 0.25) is 0 Å². The van der Waals surface area contributed by atoms with E-state index in [2.05, 4.69) is 0 Å². The number of rotatable bonds is 4. The Morgan fingerprint density at radius 1 is 0.935 bits per heavy atom. The van der Waals surface area contributed by atoms with E-state index in [0.717, 1.165) is 5.56 Å². The second-order valence-electron chi connectivity index (χ2n) is 7.22. The molecule has 0 aliphatic carbocycles. The van der Waals surface area contributed by atoms with Crippen molar-refractivity contribution in [1.82, 2.24) is 0 Å². The smallest absolute Gasteiger partial charge is 0.300 e. The van der Waals surface area contributed by atoms with Crippen molar-refractivity contribution in [2.75, 3.05) is 4.90 Å². The molecule has 4 rings (SSSR count). The first-order valence-electron chi connectivity index (χ1n) is 9.56. The van der Waals surface area contributed by atoms with Crippen molar-refractivity contribution in [2.45, 2.75) is 13.0 Å². The summed E-state index contributed by atoms with van der Waals surface area (Å²) < 4.78 is 0. The van der Waals surface area contributed by atoms with Crippen LogP contribution in [0.15, 0.2) is 84.4 Å². The first-order chi connectivity index (χ1) is 14.9. The zero-order valence-electron chi connectivity index (χ0n) is 16.6. The molecule has 1 heterocycles. The molecule has 3 aromatic carbocycles. The number of carbonyl (C=O) groups is 2. The van der Waals surface area contributed by atoms with Crippen molar-refractivity contribution in [1.29, 1.82) is 0 Å². The van der Waals surface area contributed by atoms with E-state index in [4.69, 9.17) is 0 Å². The van der Waals surface area contributed by atoms with Gasteiger partial charge < -0.3 is 5.11 Å². The van der Waals surface area contributed by atoms with Gasteiger partial charge in [0.25, 0.3) is 17.4 Å². The van der Waals surface area contributed by atoms with Crippen LogP contribution in [-0.4, -0.2) is 21.7 Å². The van der Waals surface area contributed by atoms with Crippen LogP contribution in [0.4, 0.5) is 11.4 Å². The van der Waals surface area contributed by atoms with Crippen LogP contribution in [0.5, 0.6) is 0 Å². The Morgan fingerprint density at radius 2 is 1.55 bits per heavy atom. The van der Waals surface area contributed by atoms with E-state index < -0.39 is 22.7 Å². The predicted molar refractivity (Wildman–Crippen MR) is 116 cm³/mol. The summed E-state index contributed by atoms with van der Waals surface area (Å²) in [5.41, 5.74) is 2.17. The molecule has 1 fully saturated rings. The van der Waals surface area contributed by atoms with Gasteiger partial charge in [-0.2, -0.15) is 0 Å². The number of anilines is 1. The molecular formula is C24H18N2O5. The molecule has 1 saturated heterocycles. The summed E-state index contributed by atoms with van der Waals surface area (Å²) in [5.74, 6) is -1.88. The van der Waals surface area contributed by atoms with Gasteiger partial charge in [-0.3, -0.25) is 24.6 Å².